The summed E-state index contributed by atoms with van der Waals surface area (Å²) in [7, 11) is 0. The first-order valence-electron chi connectivity index (χ1n) is 6.45. The Balaban J connectivity index is 2.11. The van der Waals surface area contributed by atoms with Gasteiger partial charge in [-0.05, 0) is 35.7 Å². The van der Waals surface area contributed by atoms with Gasteiger partial charge in [-0.1, -0.05) is 47.1 Å². The second kappa shape index (κ2) is 6.57. The number of phenolic OH excluding ortho intramolecular Hbond substituents is 1. The maximum Gasteiger partial charge on any atom is 0.255 e. The van der Waals surface area contributed by atoms with Crippen LogP contribution in [0.1, 0.15) is 28.4 Å². The highest BCUT2D eigenvalue weighted by atomic mass is 79.9. The number of phenols is 1. The molecular formula is C16H16BrNO2. The van der Waals surface area contributed by atoms with Gasteiger partial charge in [0.25, 0.3) is 5.91 Å². The fourth-order valence-corrected chi connectivity index (χ4v) is 2.40. The lowest BCUT2D eigenvalue weighted by atomic mass is 10.1. The van der Waals surface area contributed by atoms with E-state index in [0.717, 1.165) is 16.5 Å². The summed E-state index contributed by atoms with van der Waals surface area (Å²) < 4.78 is 0.759. The van der Waals surface area contributed by atoms with E-state index in [1.54, 1.807) is 12.1 Å². The van der Waals surface area contributed by atoms with E-state index in [-0.39, 0.29) is 17.2 Å². The molecule has 0 aliphatic rings. The molecule has 0 aliphatic heterocycles. The number of benzene rings is 2. The van der Waals surface area contributed by atoms with E-state index in [9.17, 15) is 9.90 Å². The van der Waals surface area contributed by atoms with Crippen molar-refractivity contribution in [1.82, 2.24) is 5.32 Å². The van der Waals surface area contributed by atoms with Crippen LogP contribution in [0.25, 0.3) is 0 Å². The summed E-state index contributed by atoms with van der Waals surface area (Å²) in [6.07, 6.45) is 0.925. The van der Waals surface area contributed by atoms with Crippen molar-refractivity contribution < 1.29 is 9.90 Å². The molecule has 0 heterocycles. The number of aromatic hydroxyl groups is 1. The molecule has 2 aromatic rings. The van der Waals surface area contributed by atoms with Crippen molar-refractivity contribution in [3.8, 4) is 5.75 Å². The summed E-state index contributed by atoms with van der Waals surface area (Å²) in [6.45, 7) is 2.54. The van der Waals surface area contributed by atoms with Gasteiger partial charge in [-0.15, -0.1) is 0 Å². The van der Waals surface area contributed by atoms with E-state index in [0.29, 0.717) is 6.54 Å². The first kappa shape index (κ1) is 14.6. The van der Waals surface area contributed by atoms with Gasteiger partial charge in [0.1, 0.15) is 5.75 Å². The normalized spacial score (nSPS) is 10.3. The zero-order valence-corrected chi connectivity index (χ0v) is 12.8. The molecule has 0 aromatic heterocycles. The molecule has 2 rings (SSSR count). The lowest BCUT2D eigenvalue weighted by molar-refractivity contribution is 0.0948. The van der Waals surface area contributed by atoms with Crippen LogP contribution < -0.4 is 5.32 Å². The summed E-state index contributed by atoms with van der Waals surface area (Å²) in [5.74, 6) is -0.302. The van der Waals surface area contributed by atoms with Crippen LogP contribution in [0.5, 0.6) is 5.75 Å². The maximum atomic E-state index is 12.1. The molecule has 0 saturated heterocycles. The number of halogens is 1. The second-order valence-corrected chi connectivity index (χ2v) is 5.38. The Morgan fingerprint density at radius 3 is 2.60 bits per heavy atom. The lowest BCUT2D eigenvalue weighted by Crippen LogP contribution is -2.23. The highest BCUT2D eigenvalue weighted by molar-refractivity contribution is 9.10. The number of rotatable bonds is 4. The minimum atomic E-state index is -0.283. The summed E-state index contributed by atoms with van der Waals surface area (Å²) >= 11 is 3.29. The van der Waals surface area contributed by atoms with E-state index in [1.165, 1.54) is 11.6 Å². The maximum absolute atomic E-state index is 12.1. The van der Waals surface area contributed by atoms with Crippen LogP contribution >= 0.6 is 15.9 Å². The zero-order valence-electron chi connectivity index (χ0n) is 11.2. The topological polar surface area (TPSA) is 49.3 Å². The molecule has 0 radical (unpaired) electrons. The van der Waals surface area contributed by atoms with Gasteiger partial charge in [-0.2, -0.15) is 0 Å². The third-order valence-corrected chi connectivity index (χ3v) is 3.64. The number of nitrogens with one attached hydrogen (secondary N) is 1. The fraction of sp³-hybridized carbons (Fsp3) is 0.188. The van der Waals surface area contributed by atoms with E-state index in [2.05, 4.69) is 34.2 Å². The van der Waals surface area contributed by atoms with E-state index >= 15 is 0 Å². The van der Waals surface area contributed by atoms with Gasteiger partial charge in [-0.3, -0.25) is 4.79 Å². The van der Waals surface area contributed by atoms with E-state index in [4.69, 9.17) is 0 Å². The van der Waals surface area contributed by atoms with Crippen LogP contribution in [-0.2, 0) is 13.0 Å². The number of carbonyl (C=O) groups excluding carboxylic acids is 1. The minimum absolute atomic E-state index is 0.0190. The molecule has 0 fully saturated rings. The predicted octanol–water partition coefficient (Wildman–Crippen LogP) is 3.65. The molecule has 0 unspecified atom stereocenters. The minimum Gasteiger partial charge on any atom is -0.507 e. The Morgan fingerprint density at radius 1 is 1.20 bits per heavy atom. The van der Waals surface area contributed by atoms with Crippen molar-refractivity contribution in [1.29, 1.82) is 0 Å². The van der Waals surface area contributed by atoms with Gasteiger partial charge < -0.3 is 10.4 Å². The molecule has 104 valence electrons. The second-order valence-electron chi connectivity index (χ2n) is 4.47. The zero-order chi connectivity index (χ0) is 14.5. The largest absolute Gasteiger partial charge is 0.507 e. The molecule has 0 saturated carbocycles. The van der Waals surface area contributed by atoms with Gasteiger partial charge >= 0.3 is 0 Å². The number of amides is 1. The van der Waals surface area contributed by atoms with Gasteiger partial charge in [0, 0.05) is 11.0 Å². The number of aryl methyl sites for hydroxylation is 1. The lowest BCUT2D eigenvalue weighted by Gasteiger charge is -2.10. The van der Waals surface area contributed by atoms with Crippen LogP contribution in [0.15, 0.2) is 46.9 Å². The number of hydrogen-bond acceptors (Lipinski definition) is 2. The monoisotopic (exact) mass is 333 g/mol. The molecule has 2 N–H and O–H groups in total. The average Bonchev–Trinajstić information content (AvgIpc) is 2.47. The van der Waals surface area contributed by atoms with Crippen LogP contribution in [0, 0.1) is 0 Å². The van der Waals surface area contributed by atoms with Gasteiger partial charge in [0.15, 0.2) is 0 Å². The van der Waals surface area contributed by atoms with E-state index < -0.39 is 0 Å². The molecule has 0 aliphatic carbocycles. The van der Waals surface area contributed by atoms with Crippen molar-refractivity contribution in [2.45, 2.75) is 19.9 Å². The van der Waals surface area contributed by atoms with Crippen LogP contribution in [0.2, 0.25) is 0 Å². The fourth-order valence-electron chi connectivity index (χ4n) is 2.04. The Labute approximate surface area is 126 Å². The summed E-state index contributed by atoms with van der Waals surface area (Å²) in [5.41, 5.74) is 2.58. The first-order chi connectivity index (χ1) is 9.61. The molecule has 20 heavy (non-hydrogen) atoms. The van der Waals surface area contributed by atoms with Crippen molar-refractivity contribution in [3.63, 3.8) is 0 Å². The smallest absolute Gasteiger partial charge is 0.255 e. The third-order valence-electron chi connectivity index (χ3n) is 3.14. The van der Waals surface area contributed by atoms with Crippen LogP contribution in [-0.4, -0.2) is 11.0 Å². The molecule has 2 aromatic carbocycles. The number of carbonyl (C=O) groups is 1. The van der Waals surface area contributed by atoms with Crippen LogP contribution in [0.3, 0.4) is 0 Å². The molecule has 1 amide bonds. The highest BCUT2D eigenvalue weighted by Crippen LogP contribution is 2.21. The molecule has 0 bridgehead atoms. The Bertz CT molecular complexity index is 626. The Morgan fingerprint density at radius 2 is 1.90 bits per heavy atom. The number of hydrogen-bond donors (Lipinski definition) is 2. The van der Waals surface area contributed by atoms with Crippen molar-refractivity contribution >= 4 is 21.8 Å². The molecular weight excluding hydrogens is 318 g/mol. The molecule has 3 nitrogen and oxygen atoms in total. The van der Waals surface area contributed by atoms with Gasteiger partial charge in [0.2, 0.25) is 0 Å². The van der Waals surface area contributed by atoms with Gasteiger partial charge in [0.05, 0.1) is 5.56 Å². The van der Waals surface area contributed by atoms with Gasteiger partial charge in [-0.25, -0.2) is 0 Å². The SMILES string of the molecule is CCc1ccccc1CNC(=O)c1cc(Br)ccc1O. The van der Waals surface area contributed by atoms with E-state index in [1.807, 2.05) is 18.2 Å². The van der Waals surface area contributed by atoms with Crippen molar-refractivity contribution in [2.75, 3.05) is 0 Å². The predicted molar refractivity (Wildman–Crippen MR) is 82.8 cm³/mol. The summed E-state index contributed by atoms with van der Waals surface area (Å²) in [6, 6.07) is 12.8. The quantitative estimate of drug-likeness (QED) is 0.897. The molecule has 0 atom stereocenters. The molecule has 4 heteroatoms. The highest BCUT2D eigenvalue weighted by Gasteiger charge is 2.11. The average molecular weight is 334 g/mol. The summed E-state index contributed by atoms with van der Waals surface area (Å²) in [4.78, 5) is 12.1. The first-order valence-corrected chi connectivity index (χ1v) is 7.24. The van der Waals surface area contributed by atoms with Crippen molar-refractivity contribution in [3.05, 3.63) is 63.6 Å². The third kappa shape index (κ3) is 3.39. The summed E-state index contributed by atoms with van der Waals surface area (Å²) in [5, 5.41) is 12.6. The standard InChI is InChI=1S/C16H16BrNO2/c1-2-11-5-3-4-6-12(11)10-18-16(20)14-9-13(17)7-8-15(14)19/h3-9,19H,2,10H2,1H3,(H,18,20). The Kier molecular flexibility index (Phi) is 4.79. The van der Waals surface area contributed by atoms with Crippen LogP contribution in [0.4, 0.5) is 0 Å². The Hall–Kier alpha value is -1.81. The molecule has 0 spiro atoms. The van der Waals surface area contributed by atoms with Crippen molar-refractivity contribution in [2.24, 2.45) is 0 Å².